The van der Waals surface area contributed by atoms with Crippen LogP contribution in [0.3, 0.4) is 0 Å². The van der Waals surface area contributed by atoms with Crippen molar-refractivity contribution in [2.24, 2.45) is 0 Å². The summed E-state index contributed by atoms with van der Waals surface area (Å²) in [5.74, 6) is -0.132. The highest BCUT2D eigenvalue weighted by atomic mass is 35.5. The summed E-state index contributed by atoms with van der Waals surface area (Å²) in [5.41, 5.74) is 1.21. The van der Waals surface area contributed by atoms with Crippen molar-refractivity contribution >= 4 is 28.3 Å². The van der Waals surface area contributed by atoms with Gasteiger partial charge >= 0.3 is 5.69 Å². The van der Waals surface area contributed by atoms with E-state index in [0.717, 1.165) is 11.6 Å². The third-order valence-electron chi connectivity index (χ3n) is 2.90. The molecule has 100 valence electrons. The minimum atomic E-state index is -0.687. The minimum absolute atomic E-state index is 0.157. The van der Waals surface area contributed by atoms with Gasteiger partial charge in [-0.25, -0.2) is 4.98 Å². The van der Waals surface area contributed by atoms with Crippen molar-refractivity contribution in [1.82, 2.24) is 9.97 Å². The lowest BCUT2D eigenvalue weighted by atomic mass is 10.1. The number of halogens is 1. The molecule has 0 saturated heterocycles. The van der Waals surface area contributed by atoms with Crippen LogP contribution in [0, 0.1) is 10.1 Å². The van der Waals surface area contributed by atoms with Crippen molar-refractivity contribution < 1.29 is 10.0 Å². The summed E-state index contributed by atoms with van der Waals surface area (Å²) in [4.78, 5) is 17.5. The molecule has 3 rings (SSSR count). The molecule has 7 heteroatoms. The average Bonchev–Trinajstić information content (AvgIpc) is 2.84. The number of aromatic hydroxyl groups is 1. The maximum atomic E-state index is 10.9. The molecular weight excluding hydrogens is 282 g/mol. The first-order valence-corrected chi connectivity index (χ1v) is 6.06. The molecule has 0 fully saturated rings. The second-order valence-corrected chi connectivity index (χ2v) is 4.62. The van der Waals surface area contributed by atoms with Gasteiger partial charge in [-0.05, 0) is 18.2 Å². The Kier molecular flexibility index (Phi) is 2.80. The summed E-state index contributed by atoms with van der Waals surface area (Å²) in [6.07, 6.45) is 0. The average molecular weight is 290 g/mol. The monoisotopic (exact) mass is 289 g/mol. The number of hydrogen-bond acceptors (Lipinski definition) is 4. The molecule has 1 aromatic heterocycles. The number of phenolic OH excluding ortho intramolecular Hbond substituents is 1. The second-order valence-electron chi connectivity index (χ2n) is 4.18. The van der Waals surface area contributed by atoms with Gasteiger partial charge in [0.05, 0.1) is 21.5 Å². The summed E-state index contributed by atoms with van der Waals surface area (Å²) < 4.78 is 0. The normalized spacial score (nSPS) is 10.8. The van der Waals surface area contributed by atoms with E-state index in [1.165, 1.54) is 6.07 Å². The zero-order valence-corrected chi connectivity index (χ0v) is 10.8. The van der Waals surface area contributed by atoms with E-state index in [-0.39, 0.29) is 10.6 Å². The van der Waals surface area contributed by atoms with Gasteiger partial charge < -0.3 is 10.1 Å². The molecule has 2 aromatic carbocycles. The Hall–Kier alpha value is -2.60. The van der Waals surface area contributed by atoms with Gasteiger partial charge in [-0.15, -0.1) is 0 Å². The first kappa shape index (κ1) is 12.4. The van der Waals surface area contributed by atoms with Gasteiger partial charge in [-0.2, -0.15) is 0 Å². The molecule has 0 saturated carbocycles. The van der Waals surface area contributed by atoms with E-state index in [1.54, 1.807) is 6.07 Å². The molecule has 0 amide bonds. The summed E-state index contributed by atoms with van der Waals surface area (Å²) >= 11 is 5.86. The van der Waals surface area contributed by atoms with Crippen LogP contribution in [0.25, 0.3) is 22.4 Å². The van der Waals surface area contributed by atoms with Crippen LogP contribution in [0.2, 0.25) is 5.02 Å². The third kappa shape index (κ3) is 1.96. The van der Waals surface area contributed by atoms with E-state index >= 15 is 0 Å². The topological polar surface area (TPSA) is 92.0 Å². The highest BCUT2D eigenvalue weighted by Crippen LogP contribution is 2.38. The van der Waals surface area contributed by atoms with Crippen LogP contribution in [0.1, 0.15) is 0 Å². The molecule has 0 aliphatic heterocycles. The Morgan fingerprint density at radius 2 is 2.05 bits per heavy atom. The van der Waals surface area contributed by atoms with Crippen LogP contribution in [-0.2, 0) is 0 Å². The van der Waals surface area contributed by atoms with Crippen LogP contribution >= 0.6 is 11.6 Å². The van der Waals surface area contributed by atoms with Crippen LogP contribution in [0.4, 0.5) is 5.69 Å². The summed E-state index contributed by atoms with van der Waals surface area (Å²) in [6.45, 7) is 0. The van der Waals surface area contributed by atoms with Gasteiger partial charge in [-0.3, -0.25) is 10.1 Å². The molecule has 6 nitrogen and oxygen atoms in total. The lowest BCUT2D eigenvalue weighted by Gasteiger charge is -2.03. The van der Waals surface area contributed by atoms with E-state index < -0.39 is 16.4 Å². The first-order chi connectivity index (χ1) is 9.56. The van der Waals surface area contributed by atoms with Gasteiger partial charge in [0.15, 0.2) is 0 Å². The largest absolute Gasteiger partial charge is 0.502 e. The predicted octanol–water partition coefficient (Wildman–Crippen LogP) is 3.50. The number of fused-ring (bicyclic) bond motifs is 1. The van der Waals surface area contributed by atoms with Crippen molar-refractivity contribution in [3.8, 4) is 17.1 Å². The maximum Gasteiger partial charge on any atom is 0.312 e. The minimum Gasteiger partial charge on any atom is -0.502 e. The van der Waals surface area contributed by atoms with Gasteiger partial charge in [-0.1, -0.05) is 23.7 Å². The van der Waals surface area contributed by atoms with E-state index in [9.17, 15) is 15.2 Å². The van der Waals surface area contributed by atoms with Crippen molar-refractivity contribution in [3.05, 3.63) is 51.5 Å². The number of nitrogens with one attached hydrogen (secondary N) is 1. The lowest BCUT2D eigenvalue weighted by molar-refractivity contribution is -0.385. The van der Waals surface area contributed by atoms with Crippen molar-refractivity contribution in [2.45, 2.75) is 0 Å². The Bertz CT molecular complexity index is 796. The van der Waals surface area contributed by atoms with Gasteiger partial charge in [0.25, 0.3) is 0 Å². The molecule has 0 spiro atoms. The number of H-pyrrole nitrogens is 1. The fourth-order valence-electron chi connectivity index (χ4n) is 1.98. The Balaban J connectivity index is 2.25. The number of phenols is 1. The molecular formula is C13H8ClN3O3. The summed E-state index contributed by atoms with van der Waals surface area (Å²) in [6, 6.07) is 9.82. The molecule has 3 aromatic rings. The number of hydrogen-bond donors (Lipinski definition) is 2. The number of rotatable bonds is 2. The molecule has 0 aliphatic rings. The number of benzene rings is 2. The third-order valence-corrected chi connectivity index (χ3v) is 3.11. The lowest BCUT2D eigenvalue weighted by Crippen LogP contribution is -1.91. The van der Waals surface area contributed by atoms with E-state index in [2.05, 4.69) is 9.97 Å². The number of nitro groups is 1. The molecule has 20 heavy (non-hydrogen) atoms. The number of aromatic nitrogens is 2. The number of nitrogens with zero attached hydrogens (tertiary/aromatic N) is 2. The van der Waals surface area contributed by atoms with E-state index in [1.807, 2.05) is 18.2 Å². The highest BCUT2D eigenvalue weighted by molar-refractivity contribution is 6.31. The fraction of sp³-hybridized carbons (Fsp3) is 0. The van der Waals surface area contributed by atoms with Gasteiger partial charge in [0.2, 0.25) is 5.75 Å². The first-order valence-electron chi connectivity index (χ1n) is 5.68. The van der Waals surface area contributed by atoms with Crippen LogP contribution in [0.5, 0.6) is 5.75 Å². The smallest absolute Gasteiger partial charge is 0.312 e. The molecule has 1 heterocycles. The summed E-state index contributed by atoms with van der Waals surface area (Å²) in [7, 11) is 0. The SMILES string of the molecule is O=[N+]([O-])c1cc(Cl)cc(-c2nc3ccccc3[nH]2)c1O. The zero-order chi connectivity index (χ0) is 14.3. The number of para-hydroxylation sites is 2. The molecule has 0 unspecified atom stereocenters. The van der Waals surface area contributed by atoms with E-state index in [0.29, 0.717) is 11.3 Å². The molecule has 2 N–H and O–H groups in total. The van der Waals surface area contributed by atoms with Crippen molar-refractivity contribution in [1.29, 1.82) is 0 Å². The standard InChI is InChI=1S/C13H8ClN3O3/c14-7-5-8(12(18)11(6-7)17(19)20)13-15-9-3-1-2-4-10(9)16-13/h1-6,18H,(H,15,16). The molecule has 0 aliphatic carbocycles. The number of aromatic amines is 1. The van der Waals surface area contributed by atoms with Crippen LogP contribution < -0.4 is 0 Å². The van der Waals surface area contributed by atoms with Crippen LogP contribution in [0.15, 0.2) is 36.4 Å². The predicted molar refractivity (Wildman–Crippen MR) is 74.9 cm³/mol. The number of imidazole rings is 1. The molecule has 0 radical (unpaired) electrons. The summed E-state index contributed by atoms with van der Waals surface area (Å²) in [5, 5.41) is 21.0. The Morgan fingerprint density at radius 3 is 2.75 bits per heavy atom. The zero-order valence-electron chi connectivity index (χ0n) is 10.0. The fourth-order valence-corrected chi connectivity index (χ4v) is 2.20. The second kappa shape index (κ2) is 4.50. The Labute approximate surface area is 117 Å². The van der Waals surface area contributed by atoms with Gasteiger partial charge in [0, 0.05) is 11.1 Å². The van der Waals surface area contributed by atoms with Crippen LogP contribution in [-0.4, -0.2) is 20.0 Å². The quantitative estimate of drug-likeness (QED) is 0.558. The van der Waals surface area contributed by atoms with Crippen molar-refractivity contribution in [3.63, 3.8) is 0 Å². The molecule has 0 atom stereocenters. The highest BCUT2D eigenvalue weighted by Gasteiger charge is 2.21. The van der Waals surface area contributed by atoms with E-state index in [4.69, 9.17) is 11.6 Å². The van der Waals surface area contributed by atoms with Gasteiger partial charge in [0.1, 0.15) is 5.82 Å². The molecule has 0 bridgehead atoms. The van der Waals surface area contributed by atoms with Crippen molar-refractivity contribution in [2.75, 3.05) is 0 Å². The maximum absolute atomic E-state index is 10.9. The number of nitro benzene ring substituents is 1. The Morgan fingerprint density at radius 1 is 1.30 bits per heavy atom.